The summed E-state index contributed by atoms with van der Waals surface area (Å²) >= 11 is 17.3. The van der Waals surface area contributed by atoms with Crippen molar-refractivity contribution in [1.29, 1.82) is 0 Å². The average Bonchev–Trinajstić information content (AvgIpc) is 2.48. The molecule has 2 rings (SSSR count). The summed E-state index contributed by atoms with van der Waals surface area (Å²) in [5.41, 5.74) is 2.32. The molecule has 116 valence electrons. The molecule has 1 amide bonds. The van der Waals surface area contributed by atoms with Gasteiger partial charge in [-0.25, -0.2) is 8.42 Å². The highest BCUT2D eigenvalue weighted by atomic mass is 35.5. The van der Waals surface area contributed by atoms with Gasteiger partial charge in [0.05, 0.1) is 10.0 Å². The van der Waals surface area contributed by atoms with E-state index < -0.39 is 15.9 Å². The SMILES string of the molecule is O=C(NNS(=O)(=O)c1cccc(Cl)c1Cl)c1ccc(Cl)cc1. The number of amides is 1. The van der Waals surface area contributed by atoms with Gasteiger partial charge >= 0.3 is 0 Å². The van der Waals surface area contributed by atoms with Gasteiger partial charge in [0.2, 0.25) is 0 Å². The van der Waals surface area contributed by atoms with Crippen LogP contribution in [0.3, 0.4) is 0 Å². The summed E-state index contributed by atoms with van der Waals surface area (Å²) in [7, 11) is -4.05. The van der Waals surface area contributed by atoms with Crippen molar-refractivity contribution in [3.05, 3.63) is 63.1 Å². The molecule has 0 aliphatic rings. The molecule has 0 bridgehead atoms. The number of sulfonamides is 1. The number of hydrazine groups is 1. The van der Waals surface area contributed by atoms with Crippen molar-refractivity contribution < 1.29 is 13.2 Å². The maximum atomic E-state index is 12.1. The van der Waals surface area contributed by atoms with Gasteiger partial charge in [0, 0.05) is 10.6 Å². The van der Waals surface area contributed by atoms with Crippen molar-refractivity contribution in [3.63, 3.8) is 0 Å². The zero-order valence-electron chi connectivity index (χ0n) is 10.8. The van der Waals surface area contributed by atoms with Crippen molar-refractivity contribution >= 4 is 50.7 Å². The van der Waals surface area contributed by atoms with Gasteiger partial charge in [-0.3, -0.25) is 10.2 Å². The van der Waals surface area contributed by atoms with Crippen molar-refractivity contribution in [1.82, 2.24) is 10.3 Å². The molecule has 9 heteroatoms. The minimum atomic E-state index is -4.05. The van der Waals surface area contributed by atoms with E-state index in [0.717, 1.165) is 0 Å². The summed E-state index contributed by atoms with van der Waals surface area (Å²) in [4.78, 5) is 13.6. The van der Waals surface area contributed by atoms with Crippen LogP contribution >= 0.6 is 34.8 Å². The van der Waals surface area contributed by atoms with Gasteiger partial charge in [0.1, 0.15) is 4.90 Å². The zero-order valence-corrected chi connectivity index (χ0v) is 13.9. The number of benzene rings is 2. The number of rotatable bonds is 4. The number of carbonyl (C=O) groups is 1. The molecule has 0 saturated heterocycles. The molecule has 0 fully saturated rings. The molecule has 0 spiro atoms. The topological polar surface area (TPSA) is 75.3 Å². The van der Waals surface area contributed by atoms with Crippen LogP contribution in [0.2, 0.25) is 15.1 Å². The Morgan fingerprint density at radius 1 is 0.955 bits per heavy atom. The molecular weight excluding hydrogens is 371 g/mol. The number of halogens is 3. The maximum absolute atomic E-state index is 12.1. The van der Waals surface area contributed by atoms with Gasteiger partial charge in [0.15, 0.2) is 0 Å². The van der Waals surface area contributed by atoms with Crippen LogP contribution in [0.25, 0.3) is 0 Å². The Morgan fingerprint density at radius 3 is 2.23 bits per heavy atom. The molecular formula is C13H9Cl3N2O3S. The second kappa shape index (κ2) is 6.85. The van der Waals surface area contributed by atoms with E-state index in [9.17, 15) is 13.2 Å². The fourth-order valence-electron chi connectivity index (χ4n) is 1.53. The molecule has 0 aromatic heterocycles. The monoisotopic (exact) mass is 378 g/mol. The fourth-order valence-corrected chi connectivity index (χ4v) is 3.26. The Balaban J connectivity index is 2.14. The van der Waals surface area contributed by atoms with E-state index in [4.69, 9.17) is 34.8 Å². The van der Waals surface area contributed by atoms with Crippen LogP contribution in [0.5, 0.6) is 0 Å². The first-order valence-corrected chi connectivity index (χ1v) is 8.45. The van der Waals surface area contributed by atoms with Crippen LogP contribution < -0.4 is 10.3 Å². The molecule has 0 aliphatic carbocycles. The number of nitrogens with one attached hydrogen (secondary N) is 2. The molecule has 0 radical (unpaired) electrons. The molecule has 0 unspecified atom stereocenters. The van der Waals surface area contributed by atoms with E-state index in [-0.39, 0.29) is 20.5 Å². The van der Waals surface area contributed by atoms with E-state index in [1.54, 1.807) is 0 Å². The molecule has 0 aliphatic heterocycles. The Bertz CT molecular complexity index is 808. The lowest BCUT2D eigenvalue weighted by Gasteiger charge is -2.10. The van der Waals surface area contributed by atoms with Crippen LogP contribution in [0.1, 0.15) is 10.4 Å². The zero-order chi connectivity index (χ0) is 16.3. The highest BCUT2D eigenvalue weighted by Crippen LogP contribution is 2.28. The second-order valence-electron chi connectivity index (χ2n) is 4.12. The lowest BCUT2D eigenvalue weighted by atomic mass is 10.2. The number of hydrogen-bond donors (Lipinski definition) is 2. The number of hydrogen-bond acceptors (Lipinski definition) is 3. The van der Waals surface area contributed by atoms with Crippen molar-refractivity contribution in [2.24, 2.45) is 0 Å². The highest BCUT2D eigenvalue weighted by Gasteiger charge is 2.20. The van der Waals surface area contributed by atoms with Gasteiger partial charge in [-0.2, -0.15) is 0 Å². The minimum absolute atomic E-state index is 0.0913. The van der Waals surface area contributed by atoms with Crippen molar-refractivity contribution in [3.8, 4) is 0 Å². The first-order chi connectivity index (χ1) is 10.3. The standard InChI is InChI=1S/C13H9Cl3N2O3S/c14-9-6-4-8(5-7-9)13(19)17-18-22(20,21)11-3-1-2-10(15)12(11)16/h1-7,18H,(H,17,19). The summed E-state index contributed by atoms with van der Waals surface area (Å²) in [6.45, 7) is 0. The fraction of sp³-hybridized carbons (Fsp3) is 0. The minimum Gasteiger partial charge on any atom is -0.273 e. The number of carbonyl (C=O) groups excluding carboxylic acids is 1. The Morgan fingerprint density at radius 2 is 1.59 bits per heavy atom. The van der Waals surface area contributed by atoms with Gasteiger partial charge in [-0.15, -0.1) is 4.83 Å². The summed E-state index contributed by atoms with van der Waals surface area (Å²) in [6, 6.07) is 10.1. The predicted molar refractivity (Wildman–Crippen MR) is 85.7 cm³/mol. The average molecular weight is 380 g/mol. The highest BCUT2D eigenvalue weighted by molar-refractivity contribution is 7.89. The first kappa shape index (κ1) is 17.1. The van der Waals surface area contributed by atoms with E-state index >= 15 is 0 Å². The van der Waals surface area contributed by atoms with Crippen LogP contribution in [-0.2, 0) is 10.0 Å². The summed E-state index contributed by atoms with van der Waals surface area (Å²) in [5, 5.41) is 0.425. The van der Waals surface area contributed by atoms with Crippen LogP contribution in [0, 0.1) is 0 Å². The summed E-state index contributed by atoms with van der Waals surface area (Å²) < 4.78 is 24.2. The van der Waals surface area contributed by atoms with E-state index in [1.807, 2.05) is 4.83 Å². The summed E-state index contributed by atoms with van der Waals surface area (Å²) in [6.07, 6.45) is 0. The van der Waals surface area contributed by atoms with E-state index in [0.29, 0.717) is 5.02 Å². The van der Waals surface area contributed by atoms with Crippen molar-refractivity contribution in [2.75, 3.05) is 0 Å². The molecule has 0 saturated carbocycles. The lowest BCUT2D eigenvalue weighted by molar-refractivity contribution is 0.0945. The summed E-state index contributed by atoms with van der Waals surface area (Å²) in [5.74, 6) is -0.640. The molecule has 2 N–H and O–H groups in total. The molecule has 5 nitrogen and oxygen atoms in total. The van der Waals surface area contributed by atoms with Crippen LogP contribution in [-0.4, -0.2) is 14.3 Å². The van der Waals surface area contributed by atoms with Gasteiger partial charge in [0.25, 0.3) is 15.9 Å². The largest absolute Gasteiger partial charge is 0.273 e. The molecule has 2 aromatic rings. The van der Waals surface area contributed by atoms with Gasteiger partial charge < -0.3 is 0 Å². The third-order valence-electron chi connectivity index (χ3n) is 2.61. The Labute approximate surface area is 142 Å². The lowest BCUT2D eigenvalue weighted by Crippen LogP contribution is -2.41. The molecule has 2 aromatic carbocycles. The van der Waals surface area contributed by atoms with Crippen molar-refractivity contribution in [2.45, 2.75) is 4.90 Å². The molecule has 0 atom stereocenters. The van der Waals surface area contributed by atoms with Gasteiger partial charge in [-0.05, 0) is 36.4 Å². The van der Waals surface area contributed by atoms with E-state index in [1.165, 1.54) is 42.5 Å². The third-order valence-corrected chi connectivity index (χ3v) is 5.08. The van der Waals surface area contributed by atoms with Crippen LogP contribution in [0.15, 0.2) is 47.4 Å². The third kappa shape index (κ3) is 3.91. The Kier molecular flexibility index (Phi) is 5.31. The van der Waals surface area contributed by atoms with Crippen LogP contribution in [0.4, 0.5) is 0 Å². The Hall–Kier alpha value is -1.31. The second-order valence-corrected chi connectivity index (χ2v) is 6.99. The van der Waals surface area contributed by atoms with Gasteiger partial charge in [-0.1, -0.05) is 40.9 Å². The maximum Gasteiger partial charge on any atom is 0.266 e. The quantitative estimate of drug-likeness (QED) is 0.801. The molecule has 22 heavy (non-hydrogen) atoms. The smallest absolute Gasteiger partial charge is 0.266 e. The molecule has 0 heterocycles. The first-order valence-electron chi connectivity index (χ1n) is 5.83. The van der Waals surface area contributed by atoms with E-state index in [2.05, 4.69) is 5.43 Å². The normalized spacial score (nSPS) is 11.2. The predicted octanol–water partition coefficient (Wildman–Crippen LogP) is 3.27.